The molecule has 1 aromatic heterocycles. The van der Waals surface area contributed by atoms with Crippen LogP contribution < -0.4 is 5.43 Å². The van der Waals surface area contributed by atoms with Gasteiger partial charge in [-0.2, -0.15) is 5.10 Å². The molecule has 9 heteroatoms. The average molecular weight is 431 g/mol. The Labute approximate surface area is 175 Å². The second-order valence-electron chi connectivity index (χ2n) is 5.75. The number of rotatable bonds is 8. The van der Waals surface area contributed by atoms with Gasteiger partial charge in [0.25, 0.3) is 5.91 Å². The molecule has 0 saturated heterocycles. The number of nitrogens with zero attached hydrogens (tertiary/aromatic N) is 3. The summed E-state index contributed by atoms with van der Waals surface area (Å²) in [5.74, 6) is 0.886. The Morgan fingerprint density at radius 1 is 1.14 bits per heavy atom. The minimum Gasteiger partial charge on any atom is -0.507 e. The molecule has 3 rings (SSSR count). The van der Waals surface area contributed by atoms with Gasteiger partial charge in [-0.05, 0) is 24.6 Å². The van der Waals surface area contributed by atoms with Crippen LogP contribution in [0, 0.1) is 6.92 Å². The molecule has 0 aliphatic rings. The van der Waals surface area contributed by atoms with Crippen LogP contribution in [0.1, 0.15) is 16.7 Å². The van der Waals surface area contributed by atoms with E-state index in [-0.39, 0.29) is 17.4 Å². The van der Waals surface area contributed by atoms with Gasteiger partial charge in [0.1, 0.15) is 5.75 Å². The molecule has 1 heterocycles. The third kappa shape index (κ3) is 6.36. The number of nitrogens with one attached hydrogen (secondary N) is 1. The molecule has 0 spiro atoms. The van der Waals surface area contributed by atoms with Gasteiger partial charge in [-0.1, -0.05) is 76.8 Å². The Balaban J connectivity index is 1.41. The number of aromatic nitrogens is 2. The monoisotopic (exact) mass is 430 g/mol. The van der Waals surface area contributed by atoms with Gasteiger partial charge >= 0.3 is 0 Å². The van der Waals surface area contributed by atoms with E-state index in [1.54, 1.807) is 36.0 Å². The highest BCUT2D eigenvalue weighted by atomic mass is 32.2. The number of carbonyl (C=O) groups is 1. The summed E-state index contributed by atoms with van der Waals surface area (Å²) < 4.78 is 1.62. The Hall–Kier alpha value is -2.36. The highest BCUT2D eigenvalue weighted by Gasteiger charge is 2.08. The summed E-state index contributed by atoms with van der Waals surface area (Å²) in [7, 11) is 0. The van der Waals surface area contributed by atoms with Crippen molar-refractivity contribution in [3.8, 4) is 5.75 Å². The fourth-order valence-electron chi connectivity index (χ4n) is 2.07. The van der Waals surface area contributed by atoms with E-state index in [1.807, 2.05) is 0 Å². The maximum Gasteiger partial charge on any atom is 0.250 e. The van der Waals surface area contributed by atoms with E-state index in [0.29, 0.717) is 5.56 Å². The van der Waals surface area contributed by atoms with Crippen molar-refractivity contribution in [2.24, 2.45) is 5.10 Å². The number of phenols is 1. The lowest BCUT2D eigenvalue weighted by Crippen LogP contribution is -2.19. The number of aromatic hydroxyl groups is 1. The van der Waals surface area contributed by atoms with Crippen LogP contribution in [0.3, 0.4) is 0 Å². The summed E-state index contributed by atoms with van der Waals surface area (Å²) in [5, 5.41) is 21.8. The van der Waals surface area contributed by atoms with Crippen LogP contribution >= 0.6 is 34.9 Å². The van der Waals surface area contributed by atoms with Crippen LogP contribution in [0.4, 0.5) is 0 Å². The second-order valence-corrected chi connectivity index (χ2v) is 9.17. The molecule has 2 N–H and O–H groups in total. The van der Waals surface area contributed by atoms with Crippen molar-refractivity contribution in [3.05, 3.63) is 65.2 Å². The number of phenolic OH excluding ortho intramolecular Hbond substituents is 1. The highest BCUT2D eigenvalue weighted by molar-refractivity contribution is 8.03. The van der Waals surface area contributed by atoms with Gasteiger partial charge in [0.2, 0.25) is 0 Å². The topological polar surface area (TPSA) is 87.5 Å². The first-order valence-electron chi connectivity index (χ1n) is 8.35. The molecule has 1 amide bonds. The molecular weight excluding hydrogens is 412 g/mol. The van der Waals surface area contributed by atoms with Crippen LogP contribution in [0.5, 0.6) is 5.75 Å². The first-order valence-corrected chi connectivity index (χ1v) is 11.1. The predicted molar refractivity (Wildman–Crippen MR) is 115 cm³/mol. The first-order chi connectivity index (χ1) is 13.6. The van der Waals surface area contributed by atoms with Crippen molar-refractivity contribution in [1.29, 1.82) is 0 Å². The molecule has 0 radical (unpaired) electrons. The zero-order valence-corrected chi connectivity index (χ0v) is 17.5. The van der Waals surface area contributed by atoms with Crippen molar-refractivity contribution in [2.45, 2.75) is 21.4 Å². The molecule has 0 bridgehead atoms. The third-order valence-electron chi connectivity index (χ3n) is 3.53. The zero-order chi connectivity index (χ0) is 19.8. The molecule has 28 heavy (non-hydrogen) atoms. The molecule has 2 aromatic carbocycles. The average Bonchev–Trinajstić information content (AvgIpc) is 3.15. The lowest BCUT2D eigenvalue weighted by molar-refractivity contribution is -0.118. The number of para-hydroxylation sites is 1. The largest absolute Gasteiger partial charge is 0.507 e. The summed E-state index contributed by atoms with van der Waals surface area (Å²) in [4.78, 5) is 11.9. The Morgan fingerprint density at radius 2 is 1.86 bits per heavy atom. The molecule has 144 valence electrons. The number of hydrogen-bond acceptors (Lipinski definition) is 8. The fraction of sp³-hybridized carbons (Fsp3) is 0.158. The summed E-state index contributed by atoms with van der Waals surface area (Å²) in [6.45, 7) is 2.07. The van der Waals surface area contributed by atoms with Gasteiger partial charge in [-0.15, -0.1) is 10.2 Å². The summed E-state index contributed by atoms with van der Waals surface area (Å²) >= 11 is 4.42. The van der Waals surface area contributed by atoms with E-state index in [1.165, 1.54) is 40.4 Å². The molecule has 0 atom stereocenters. The molecule has 0 aliphatic carbocycles. The predicted octanol–water partition coefficient (Wildman–Crippen LogP) is 4.09. The second kappa shape index (κ2) is 10.3. The number of hydrogen-bond donors (Lipinski definition) is 2. The van der Waals surface area contributed by atoms with Crippen molar-refractivity contribution in [1.82, 2.24) is 15.6 Å². The molecular formula is C19H18N4O2S3. The Bertz CT molecular complexity index is 958. The normalized spacial score (nSPS) is 11.0. The van der Waals surface area contributed by atoms with Crippen LogP contribution in [0.25, 0.3) is 0 Å². The van der Waals surface area contributed by atoms with Gasteiger partial charge in [-0.3, -0.25) is 4.79 Å². The van der Waals surface area contributed by atoms with Crippen LogP contribution in [0.2, 0.25) is 0 Å². The summed E-state index contributed by atoms with van der Waals surface area (Å²) in [5.41, 5.74) is 5.45. The number of benzene rings is 2. The molecule has 0 aliphatic heterocycles. The van der Waals surface area contributed by atoms with E-state index in [0.717, 1.165) is 14.4 Å². The molecule has 0 saturated carbocycles. The third-order valence-corrected chi connectivity index (χ3v) is 6.79. The minimum absolute atomic E-state index is 0.111. The number of hydrazone groups is 1. The number of thioether (sulfide) groups is 2. The number of aryl methyl sites for hydroxylation is 1. The quantitative estimate of drug-likeness (QED) is 0.318. The maximum absolute atomic E-state index is 11.9. The molecule has 6 nitrogen and oxygen atoms in total. The standard InChI is InChI=1S/C19H18N4O2S3/c1-13-6-8-14(9-7-13)11-26-18-22-23-19(28-18)27-12-17(25)21-20-10-15-4-2-3-5-16(15)24/h2-10,24H,11-12H2,1H3,(H,21,25)/b20-10-. The number of amides is 1. The van der Waals surface area contributed by atoms with Gasteiger partial charge in [0.05, 0.1) is 12.0 Å². The summed E-state index contributed by atoms with van der Waals surface area (Å²) in [6.07, 6.45) is 1.41. The fourth-order valence-corrected chi connectivity index (χ4v) is 4.84. The zero-order valence-electron chi connectivity index (χ0n) is 15.0. The van der Waals surface area contributed by atoms with E-state index < -0.39 is 0 Å². The van der Waals surface area contributed by atoms with Gasteiger partial charge < -0.3 is 5.11 Å². The van der Waals surface area contributed by atoms with Crippen LogP contribution in [-0.4, -0.2) is 33.2 Å². The van der Waals surface area contributed by atoms with Crippen molar-refractivity contribution in [2.75, 3.05) is 5.75 Å². The molecule has 3 aromatic rings. The Kier molecular flexibility index (Phi) is 7.46. The van der Waals surface area contributed by atoms with Crippen molar-refractivity contribution in [3.63, 3.8) is 0 Å². The van der Waals surface area contributed by atoms with E-state index in [4.69, 9.17) is 0 Å². The SMILES string of the molecule is Cc1ccc(CSc2nnc(SCC(=O)N/N=C\c3ccccc3O)s2)cc1. The Morgan fingerprint density at radius 3 is 2.61 bits per heavy atom. The summed E-state index contributed by atoms with van der Waals surface area (Å²) in [6, 6.07) is 15.2. The van der Waals surface area contributed by atoms with Gasteiger partial charge in [0.15, 0.2) is 8.68 Å². The van der Waals surface area contributed by atoms with Crippen LogP contribution in [0.15, 0.2) is 62.3 Å². The van der Waals surface area contributed by atoms with Crippen molar-refractivity contribution < 1.29 is 9.90 Å². The molecule has 0 fully saturated rings. The number of carbonyl (C=O) groups excluding carboxylic acids is 1. The minimum atomic E-state index is -0.249. The lowest BCUT2D eigenvalue weighted by atomic mass is 10.2. The van der Waals surface area contributed by atoms with E-state index in [9.17, 15) is 9.90 Å². The maximum atomic E-state index is 11.9. The van der Waals surface area contributed by atoms with E-state index >= 15 is 0 Å². The van der Waals surface area contributed by atoms with Gasteiger partial charge in [-0.25, -0.2) is 5.43 Å². The lowest BCUT2D eigenvalue weighted by Gasteiger charge is -1.99. The van der Waals surface area contributed by atoms with E-state index in [2.05, 4.69) is 51.9 Å². The first kappa shape index (κ1) is 20.4. The molecule has 0 unspecified atom stereocenters. The van der Waals surface area contributed by atoms with Gasteiger partial charge in [0, 0.05) is 11.3 Å². The smallest absolute Gasteiger partial charge is 0.250 e. The van der Waals surface area contributed by atoms with Crippen molar-refractivity contribution >= 4 is 47.0 Å². The highest BCUT2D eigenvalue weighted by Crippen LogP contribution is 2.30. The van der Waals surface area contributed by atoms with Crippen LogP contribution in [-0.2, 0) is 10.5 Å².